The lowest BCUT2D eigenvalue weighted by molar-refractivity contribution is -0.146. The van der Waals surface area contributed by atoms with E-state index in [1.165, 1.54) is 0 Å². The molecule has 14 nitrogen and oxygen atoms in total. The van der Waals surface area contributed by atoms with Crippen LogP contribution < -0.4 is 25.3 Å². The van der Waals surface area contributed by atoms with Gasteiger partial charge in [0, 0.05) is 67.3 Å². The Morgan fingerprint density at radius 2 is 1.62 bits per heavy atom. The number of ether oxygens (including phenoxy) is 1. The zero-order valence-corrected chi connectivity index (χ0v) is 33.1. The number of anilines is 3. The minimum atomic E-state index is -2.97. The Hall–Kier alpha value is -4.77. The second-order valence-electron chi connectivity index (χ2n) is 15.9. The molecule has 4 N–H and O–H groups in total. The van der Waals surface area contributed by atoms with E-state index < -0.39 is 25.9 Å². The molecule has 4 aromatic rings. The van der Waals surface area contributed by atoms with Crippen LogP contribution in [0.15, 0.2) is 79.0 Å². The van der Waals surface area contributed by atoms with Crippen molar-refractivity contribution in [2.45, 2.75) is 62.7 Å². The predicted octanol–water partition coefficient (Wildman–Crippen LogP) is 2.71. The summed E-state index contributed by atoms with van der Waals surface area (Å²) < 4.78 is 8.88. The molecule has 4 aliphatic heterocycles. The molecule has 5 atom stereocenters. The summed E-state index contributed by atoms with van der Waals surface area (Å²) in [5.41, 5.74) is 3.60. The number of aliphatic hydroxyl groups excluding tert-OH is 1. The van der Waals surface area contributed by atoms with E-state index in [2.05, 4.69) is 20.9 Å². The highest BCUT2D eigenvalue weighted by Gasteiger charge is 2.66. The molecule has 0 radical (unpaired) electrons. The van der Waals surface area contributed by atoms with Crippen molar-refractivity contribution < 1.29 is 29.0 Å². The Labute approximate surface area is 327 Å². The van der Waals surface area contributed by atoms with Gasteiger partial charge < -0.3 is 40.0 Å². The molecule has 294 valence electrons. The van der Waals surface area contributed by atoms with Gasteiger partial charge in [0.05, 0.1) is 49.6 Å². The molecule has 4 aliphatic rings. The summed E-state index contributed by atoms with van der Waals surface area (Å²) in [6, 6.07) is 23.2. The number of nitrogens with zero attached hydrogens (tertiary/aromatic N) is 6. The average molecular weight is 779 g/mol. The topological polar surface area (TPSA) is 165 Å². The third kappa shape index (κ3) is 6.86. The Bertz CT molecular complexity index is 2110. The zero-order valence-electron chi connectivity index (χ0n) is 32.1. The minimum Gasteiger partial charge on any atom is -0.432 e. The highest BCUT2D eigenvalue weighted by molar-refractivity contribution is 6.71. The molecule has 56 heavy (non-hydrogen) atoms. The fourth-order valence-corrected chi connectivity index (χ4v) is 11.9. The molecule has 8 rings (SSSR count). The summed E-state index contributed by atoms with van der Waals surface area (Å²) >= 11 is 0. The molecule has 3 amide bonds. The number of aromatic nitrogens is 3. The van der Waals surface area contributed by atoms with Crippen LogP contribution in [-0.2, 0) is 37.8 Å². The number of rotatable bonds is 11. The van der Waals surface area contributed by atoms with Crippen LogP contribution in [0.2, 0.25) is 18.6 Å². The van der Waals surface area contributed by atoms with Crippen LogP contribution in [-0.4, -0.2) is 103 Å². The van der Waals surface area contributed by atoms with Gasteiger partial charge in [-0.15, -0.1) is 5.10 Å². The van der Waals surface area contributed by atoms with E-state index in [4.69, 9.17) is 4.74 Å². The van der Waals surface area contributed by atoms with E-state index in [9.17, 15) is 19.5 Å². The van der Waals surface area contributed by atoms with Gasteiger partial charge in [0.1, 0.15) is 0 Å². The van der Waals surface area contributed by atoms with Crippen molar-refractivity contribution >= 4 is 43.1 Å². The van der Waals surface area contributed by atoms with Crippen molar-refractivity contribution in [2.24, 2.45) is 5.92 Å². The summed E-state index contributed by atoms with van der Waals surface area (Å²) in [4.78, 5) is 58.3. The second-order valence-corrected chi connectivity index (χ2v) is 19.9. The molecule has 3 fully saturated rings. The smallest absolute Gasteiger partial charge is 0.264 e. The molecule has 3 aromatic carbocycles. The number of carbonyl (C=O) groups excluding carboxylic acids is 3. The summed E-state index contributed by atoms with van der Waals surface area (Å²) in [5.74, 6) is -0.987. The van der Waals surface area contributed by atoms with Gasteiger partial charge in [-0.25, -0.2) is 0 Å². The molecule has 15 heteroatoms. The first-order valence-electron chi connectivity index (χ1n) is 19.5. The third-order valence-corrected chi connectivity index (χ3v) is 14.5. The molecule has 0 aliphatic carbocycles. The number of hydrogen-bond acceptors (Lipinski definition) is 10. The Balaban J connectivity index is 1.13. The Morgan fingerprint density at radius 3 is 2.29 bits per heavy atom. The lowest BCUT2D eigenvalue weighted by Crippen LogP contribution is -2.48. The summed E-state index contributed by atoms with van der Waals surface area (Å²) in [6.07, 6.45) is 1.82. The maximum Gasteiger partial charge on any atom is 0.264 e. The van der Waals surface area contributed by atoms with Gasteiger partial charge in [-0.3, -0.25) is 19.1 Å². The summed E-state index contributed by atoms with van der Waals surface area (Å²) in [6.45, 7) is 9.29. The second kappa shape index (κ2) is 15.3. The van der Waals surface area contributed by atoms with Crippen LogP contribution in [0.3, 0.4) is 0 Å². The number of amides is 3. The van der Waals surface area contributed by atoms with Gasteiger partial charge >= 0.3 is 0 Å². The number of aryl methyl sites for hydroxylation is 1. The molecule has 1 aromatic heterocycles. The number of hydrogen-bond donors (Lipinski definition) is 4. The maximum absolute atomic E-state index is 15.3. The SMILES string of the molecule is C[C@@H]1[C@@H]([Si](C)(C)O)[C@H](CCn2cc(C(CO)c3ccccc3)nn2)O[C@@]12C(=O)N(Cc1cccc(N3CCNCC3=O)c1)c1ccc(N3CCNCC3=O)cc12. The van der Waals surface area contributed by atoms with E-state index >= 15 is 4.79 Å². The van der Waals surface area contributed by atoms with Crippen molar-refractivity contribution in [3.05, 3.63) is 101 Å². The third-order valence-electron chi connectivity index (χ3n) is 12.0. The van der Waals surface area contributed by atoms with E-state index in [0.717, 1.165) is 16.8 Å². The summed E-state index contributed by atoms with van der Waals surface area (Å²) in [7, 11) is -2.97. The number of nitrogens with one attached hydrogen (secondary N) is 2. The Morgan fingerprint density at radius 1 is 0.929 bits per heavy atom. The number of carbonyl (C=O) groups is 3. The number of benzene rings is 3. The normalized spacial score (nSPS) is 24.7. The lowest BCUT2D eigenvalue weighted by atomic mass is 9.82. The molecule has 0 saturated carbocycles. The monoisotopic (exact) mass is 778 g/mol. The van der Waals surface area contributed by atoms with Gasteiger partial charge in [-0.2, -0.15) is 0 Å². The average Bonchev–Trinajstić information content (AvgIpc) is 3.85. The van der Waals surface area contributed by atoms with Gasteiger partial charge in [0.15, 0.2) is 13.9 Å². The van der Waals surface area contributed by atoms with Gasteiger partial charge in [-0.1, -0.05) is 54.6 Å². The largest absolute Gasteiger partial charge is 0.432 e. The van der Waals surface area contributed by atoms with Crippen LogP contribution in [0.25, 0.3) is 0 Å². The molecular weight excluding hydrogens is 729 g/mol. The number of aliphatic hydroxyl groups is 1. The van der Waals surface area contributed by atoms with E-state index in [0.29, 0.717) is 61.8 Å². The maximum atomic E-state index is 15.3. The summed E-state index contributed by atoms with van der Waals surface area (Å²) in [5, 5.41) is 25.3. The first-order chi connectivity index (χ1) is 27.0. The molecule has 5 heterocycles. The van der Waals surface area contributed by atoms with Gasteiger partial charge in [0.25, 0.3) is 5.91 Å². The molecule has 1 spiro atoms. The molecule has 3 saturated heterocycles. The first-order valence-corrected chi connectivity index (χ1v) is 22.6. The molecule has 0 bridgehead atoms. The molecule has 1 unspecified atom stereocenters. The van der Waals surface area contributed by atoms with E-state index in [1.807, 2.05) is 99.0 Å². The van der Waals surface area contributed by atoms with Crippen LogP contribution >= 0.6 is 0 Å². The highest BCUT2D eigenvalue weighted by atomic mass is 28.4. The van der Waals surface area contributed by atoms with E-state index in [1.54, 1.807) is 19.4 Å². The minimum absolute atomic E-state index is 0.00230. The van der Waals surface area contributed by atoms with Gasteiger partial charge in [0.2, 0.25) is 11.8 Å². The van der Waals surface area contributed by atoms with Gasteiger partial charge in [-0.05, 0) is 61.0 Å². The Kier molecular flexibility index (Phi) is 10.4. The van der Waals surface area contributed by atoms with E-state index in [-0.39, 0.29) is 55.4 Å². The van der Waals surface area contributed by atoms with Crippen molar-refractivity contribution in [1.29, 1.82) is 0 Å². The van der Waals surface area contributed by atoms with Crippen molar-refractivity contribution in [2.75, 3.05) is 60.6 Å². The fourth-order valence-electron chi connectivity index (χ4n) is 9.32. The van der Waals surface area contributed by atoms with Crippen LogP contribution in [0.1, 0.15) is 41.6 Å². The van der Waals surface area contributed by atoms with Crippen LogP contribution in [0, 0.1) is 5.92 Å². The van der Waals surface area contributed by atoms with Crippen molar-refractivity contribution in [3.8, 4) is 0 Å². The van der Waals surface area contributed by atoms with Crippen LogP contribution in [0.5, 0.6) is 0 Å². The van der Waals surface area contributed by atoms with Crippen molar-refractivity contribution in [3.63, 3.8) is 0 Å². The number of fused-ring (bicyclic) bond motifs is 2. The number of piperazine rings is 2. The zero-order chi connectivity index (χ0) is 39.2. The van der Waals surface area contributed by atoms with Crippen molar-refractivity contribution in [1.82, 2.24) is 25.6 Å². The highest BCUT2D eigenvalue weighted by Crippen LogP contribution is 2.60. The van der Waals surface area contributed by atoms with Crippen LogP contribution in [0.4, 0.5) is 17.1 Å². The lowest BCUT2D eigenvalue weighted by Gasteiger charge is -2.33. The standard InChI is InChI=1S/C41H50N8O6Si/c1-27-39(56(2,3)54)36(14-17-46-25-34(44-45-46)32(26-50)29-9-5-4-6-10-29)55-41(27)33-21-31(48-19-16-43-23-38(48)52)12-13-35(33)49(40(41)53)24-28-8-7-11-30(20-28)47-18-15-42-22-37(47)51/h4-13,20-21,25,27,32,36,39,42-43,50,54H,14-19,22-24,26H2,1-3H3/t27-,32?,36+,39-,41+/m1/s1. The quantitative estimate of drug-likeness (QED) is 0.167. The first kappa shape index (κ1) is 38.1. The predicted molar refractivity (Wildman–Crippen MR) is 214 cm³/mol. The fraction of sp³-hybridized carbons (Fsp3) is 0.439. The molecular formula is C41H50N8O6Si.